The summed E-state index contributed by atoms with van der Waals surface area (Å²) in [5.41, 5.74) is 0.875. The van der Waals surface area contributed by atoms with Crippen LogP contribution in [0.25, 0.3) is 0 Å². The number of likely N-dealkylation sites (N-methyl/N-ethyl adjacent to an activating group) is 1. The number of quaternary nitrogens is 1. The molecule has 2 heterocycles. The molecule has 3 amide bonds. The van der Waals surface area contributed by atoms with E-state index in [9.17, 15) is 23.5 Å². The predicted molar refractivity (Wildman–Crippen MR) is 119 cm³/mol. The molecule has 0 radical (unpaired) electrons. The average molecular weight is 465 g/mol. The molecule has 10 heteroatoms. The van der Waals surface area contributed by atoms with Crippen molar-refractivity contribution in [2.24, 2.45) is 5.41 Å². The van der Waals surface area contributed by atoms with Crippen LogP contribution in [0.4, 0.5) is 13.6 Å². The van der Waals surface area contributed by atoms with Crippen LogP contribution >= 0.6 is 0 Å². The van der Waals surface area contributed by atoms with E-state index in [1.54, 1.807) is 0 Å². The molecule has 33 heavy (non-hydrogen) atoms. The molecule has 0 spiro atoms. The van der Waals surface area contributed by atoms with Crippen molar-refractivity contribution < 1.29 is 28.8 Å². The maximum absolute atomic E-state index is 13.7. The lowest BCUT2D eigenvalue weighted by molar-refractivity contribution is -0.507. The summed E-state index contributed by atoms with van der Waals surface area (Å²) in [7, 11) is 1.88. The lowest BCUT2D eigenvalue weighted by Crippen LogP contribution is -2.91. The second kappa shape index (κ2) is 9.66. The first-order valence-electron chi connectivity index (χ1n) is 10.9. The van der Waals surface area contributed by atoms with Crippen molar-refractivity contribution in [3.63, 3.8) is 0 Å². The molecule has 1 saturated heterocycles. The number of nitrogens with two attached hydrogens (primary N) is 1. The molecule has 1 fully saturated rings. The Kier molecular flexibility index (Phi) is 7.30. The number of primary amides is 1. The van der Waals surface area contributed by atoms with Crippen LogP contribution in [-0.2, 0) is 4.79 Å². The number of halogens is 2. The number of likely N-dealkylation sites (tertiary alicyclic amines) is 1. The Morgan fingerprint density at radius 1 is 1.24 bits per heavy atom. The monoisotopic (exact) mass is 464 g/mol. The molecule has 0 aliphatic carbocycles. The van der Waals surface area contributed by atoms with Crippen LogP contribution in [-0.4, -0.2) is 77.9 Å². The third-order valence-corrected chi connectivity index (χ3v) is 5.97. The Bertz CT molecular complexity index is 983. The Morgan fingerprint density at radius 2 is 1.91 bits per heavy atom. The van der Waals surface area contributed by atoms with Gasteiger partial charge < -0.3 is 14.9 Å². The van der Waals surface area contributed by atoms with E-state index in [0.717, 1.165) is 12.1 Å². The predicted octanol–water partition coefficient (Wildman–Crippen LogP) is 0.813. The van der Waals surface area contributed by atoms with Gasteiger partial charge in [-0.15, -0.1) is 0 Å². The maximum atomic E-state index is 13.7. The van der Waals surface area contributed by atoms with Crippen LogP contribution in [0.15, 0.2) is 29.5 Å². The van der Waals surface area contributed by atoms with Crippen LogP contribution in [0, 0.1) is 22.5 Å². The normalized spacial score (nSPS) is 18.7. The highest BCUT2D eigenvalue weighted by Crippen LogP contribution is 2.23. The minimum atomic E-state index is -1.03. The maximum Gasteiger partial charge on any atom is 0.418 e. The molecule has 0 bridgehead atoms. The van der Waals surface area contributed by atoms with Crippen LogP contribution in [0.1, 0.15) is 32.8 Å². The van der Waals surface area contributed by atoms with Crippen molar-refractivity contribution >= 4 is 17.6 Å². The number of hydrogen-bond donors (Lipinski definition) is 4. The molecule has 2 aliphatic heterocycles. The molecule has 1 atom stereocenters. The molecular weight excluding hydrogens is 432 g/mol. The minimum absolute atomic E-state index is 0.0255. The molecule has 5 N–H and O–H groups in total. The number of aliphatic hydroxyl groups excluding tert-OH is 1. The summed E-state index contributed by atoms with van der Waals surface area (Å²) in [4.78, 5) is 29.3. The summed E-state index contributed by atoms with van der Waals surface area (Å²) in [5.74, 6) is -2.27. The number of hydrogen-bond acceptors (Lipinski definition) is 5. The highest BCUT2D eigenvalue weighted by atomic mass is 19.2. The quantitative estimate of drug-likeness (QED) is 0.483. The lowest BCUT2D eigenvalue weighted by Gasteiger charge is -2.41. The summed E-state index contributed by atoms with van der Waals surface area (Å²) >= 11 is 0. The summed E-state index contributed by atoms with van der Waals surface area (Å²) in [6.45, 7) is 7.10. The number of aliphatic hydroxyl groups is 1. The van der Waals surface area contributed by atoms with E-state index in [1.807, 2.05) is 32.7 Å². The molecule has 0 aromatic heterocycles. The molecule has 3 rings (SSSR count). The van der Waals surface area contributed by atoms with Crippen LogP contribution in [0.3, 0.4) is 0 Å². The second-order valence-corrected chi connectivity index (χ2v) is 9.84. The van der Waals surface area contributed by atoms with Crippen molar-refractivity contribution in [3.05, 3.63) is 46.7 Å². The van der Waals surface area contributed by atoms with Gasteiger partial charge in [-0.1, -0.05) is 20.8 Å². The second-order valence-electron chi connectivity index (χ2n) is 9.84. The van der Waals surface area contributed by atoms with Gasteiger partial charge in [-0.2, -0.15) is 0 Å². The van der Waals surface area contributed by atoms with E-state index in [1.165, 1.54) is 16.3 Å². The first-order chi connectivity index (χ1) is 15.4. The number of urea groups is 1. The fourth-order valence-corrected chi connectivity index (χ4v) is 3.95. The van der Waals surface area contributed by atoms with Gasteiger partial charge in [0.1, 0.15) is 11.7 Å². The molecule has 1 aromatic carbocycles. The van der Waals surface area contributed by atoms with Crippen LogP contribution in [0.5, 0.6) is 0 Å². The van der Waals surface area contributed by atoms with Gasteiger partial charge in [0.25, 0.3) is 0 Å². The van der Waals surface area contributed by atoms with Gasteiger partial charge >= 0.3 is 6.03 Å². The van der Waals surface area contributed by atoms with Crippen molar-refractivity contribution in [2.45, 2.75) is 39.3 Å². The number of amides is 3. The van der Waals surface area contributed by atoms with Gasteiger partial charge in [0, 0.05) is 43.7 Å². The van der Waals surface area contributed by atoms with E-state index in [-0.39, 0.29) is 30.3 Å². The van der Waals surface area contributed by atoms with E-state index in [0.29, 0.717) is 30.8 Å². The van der Waals surface area contributed by atoms with Crippen molar-refractivity contribution in [1.29, 1.82) is 5.41 Å². The number of nitrogens with zero attached hydrogens (tertiary/aromatic N) is 2. The largest absolute Gasteiger partial charge is 0.418 e. The van der Waals surface area contributed by atoms with Crippen LogP contribution in [0.2, 0.25) is 0 Å². The van der Waals surface area contributed by atoms with Gasteiger partial charge in [-0.3, -0.25) is 15.5 Å². The number of rotatable bonds is 5. The lowest BCUT2D eigenvalue weighted by atomic mass is 9.85. The number of β-amino-alcohol motifs (C(OH)–C–C–N with tert-alkyl or cyclic N) is 1. The Balaban J connectivity index is 1.80. The topological polar surface area (TPSA) is 113 Å². The molecule has 2 aliphatic rings. The zero-order valence-electron chi connectivity index (χ0n) is 19.4. The summed E-state index contributed by atoms with van der Waals surface area (Å²) < 4.78 is 27.1. The molecule has 0 saturated carbocycles. The SMILES string of the molecule is CN1CCC([NH2+]C(=O)N[C@H](C(=O)N2CC(O)C2)C(C)(C)C)=C(C(=N)c2ccc(F)c(F)c2)C1. The highest BCUT2D eigenvalue weighted by molar-refractivity contribution is 6.11. The number of benzene rings is 1. The summed E-state index contributed by atoms with van der Waals surface area (Å²) in [6.07, 6.45) is -0.0383. The third-order valence-electron chi connectivity index (χ3n) is 5.97. The standard InChI is InChI=1S/C23H31F2N5O3/c1-23(2,3)20(21(32)30-10-14(31)11-30)28-22(33)27-18-7-8-29(4)12-15(18)19(26)13-5-6-16(24)17(25)9-13/h5-6,9,14,20,26,31H,7-8,10-12H2,1-4H3,(H2,27,28,33)/p+1/t20-/m1/s1. The average Bonchev–Trinajstić information content (AvgIpc) is 2.71. The van der Waals surface area contributed by atoms with Gasteiger partial charge in [-0.05, 0) is 30.7 Å². The van der Waals surface area contributed by atoms with Crippen LogP contribution < -0.4 is 10.6 Å². The number of nitrogens with one attached hydrogen (secondary N) is 2. The Hall–Kier alpha value is -2.69. The smallest absolute Gasteiger partial charge is 0.389 e. The zero-order chi connectivity index (χ0) is 24.5. The Morgan fingerprint density at radius 3 is 2.48 bits per heavy atom. The molecule has 8 nitrogen and oxygen atoms in total. The first kappa shape index (κ1) is 24.9. The highest BCUT2D eigenvalue weighted by Gasteiger charge is 2.40. The third kappa shape index (κ3) is 5.82. The fourth-order valence-electron chi connectivity index (χ4n) is 3.95. The fraction of sp³-hybridized carbons (Fsp3) is 0.522. The van der Waals surface area contributed by atoms with Gasteiger partial charge in [0.15, 0.2) is 11.6 Å². The van der Waals surface area contributed by atoms with Crippen molar-refractivity contribution in [3.8, 4) is 0 Å². The zero-order valence-corrected chi connectivity index (χ0v) is 19.4. The Labute approximate surface area is 192 Å². The van der Waals surface area contributed by atoms with Gasteiger partial charge in [0.05, 0.1) is 11.8 Å². The van der Waals surface area contributed by atoms with E-state index in [2.05, 4.69) is 5.32 Å². The van der Waals surface area contributed by atoms with Crippen molar-refractivity contribution in [1.82, 2.24) is 15.1 Å². The first-order valence-corrected chi connectivity index (χ1v) is 10.9. The number of carbonyl (C=O) groups is 2. The van der Waals surface area contributed by atoms with E-state index >= 15 is 0 Å². The summed E-state index contributed by atoms with van der Waals surface area (Å²) in [6, 6.07) is 2.06. The molecular formula is C23H32F2N5O3+. The van der Waals surface area contributed by atoms with Gasteiger partial charge in [0.2, 0.25) is 5.91 Å². The number of carbonyl (C=O) groups excluding carboxylic acids is 2. The van der Waals surface area contributed by atoms with E-state index in [4.69, 9.17) is 5.41 Å². The molecule has 0 unspecified atom stereocenters. The minimum Gasteiger partial charge on any atom is -0.389 e. The molecule has 1 aromatic rings. The summed E-state index contributed by atoms with van der Waals surface area (Å²) in [5, 5.41) is 22.3. The molecule has 180 valence electrons. The van der Waals surface area contributed by atoms with Crippen molar-refractivity contribution in [2.75, 3.05) is 33.2 Å². The van der Waals surface area contributed by atoms with Gasteiger partial charge in [-0.25, -0.2) is 18.9 Å². The van der Waals surface area contributed by atoms with E-state index < -0.39 is 35.2 Å².